The highest BCUT2D eigenvalue weighted by molar-refractivity contribution is 6.38. The summed E-state index contributed by atoms with van der Waals surface area (Å²) in [4.78, 5) is 8.86. The minimum Gasteiger partial charge on any atom is -0.339 e. The van der Waals surface area contributed by atoms with E-state index in [0.29, 0.717) is 27.3 Å². The van der Waals surface area contributed by atoms with Crippen molar-refractivity contribution >= 4 is 23.2 Å². The lowest BCUT2D eigenvalue weighted by molar-refractivity contribution is 0.323. The van der Waals surface area contributed by atoms with E-state index in [1.807, 2.05) is 12.4 Å². The van der Waals surface area contributed by atoms with Crippen LogP contribution in [-0.2, 0) is 13.0 Å². The molecule has 3 heterocycles. The topological polar surface area (TPSA) is 56.7 Å². The van der Waals surface area contributed by atoms with E-state index in [1.54, 1.807) is 18.2 Å². The van der Waals surface area contributed by atoms with Crippen molar-refractivity contribution in [1.29, 1.82) is 0 Å². The minimum atomic E-state index is 0.178. The van der Waals surface area contributed by atoms with Crippen LogP contribution in [0.3, 0.4) is 0 Å². The predicted octanol–water partition coefficient (Wildman–Crippen LogP) is 3.97. The van der Waals surface area contributed by atoms with Gasteiger partial charge in [-0.25, -0.2) is 4.98 Å². The molecule has 7 heteroatoms. The zero-order chi connectivity index (χ0) is 15.1. The van der Waals surface area contributed by atoms with Crippen molar-refractivity contribution in [3.05, 3.63) is 52.4 Å². The lowest BCUT2D eigenvalue weighted by atomic mass is 9.98. The number of hydrogen-bond acceptors (Lipinski definition) is 4. The molecule has 0 spiro atoms. The molecule has 0 amide bonds. The molecular weight excluding hydrogens is 323 g/mol. The number of halogens is 2. The summed E-state index contributed by atoms with van der Waals surface area (Å²) >= 11 is 12.4. The standard InChI is InChI=1S/C15H12Cl2N4O/c16-10-2-1-3-11(17)13(10)14-19-15(22-20-14)9-4-6-21-7-5-18-12(21)8-9/h1-3,5,7,9H,4,6,8H2. The summed E-state index contributed by atoms with van der Waals surface area (Å²) in [6.45, 7) is 0.907. The maximum atomic E-state index is 6.19. The molecule has 0 aliphatic carbocycles. The van der Waals surface area contributed by atoms with E-state index in [-0.39, 0.29) is 5.92 Å². The average Bonchev–Trinajstić information content (AvgIpc) is 3.15. The maximum Gasteiger partial charge on any atom is 0.230 e. The van der Waals surface area contributed by atoms with Gasteiger partial charge < -0.3 is 9.09 Å². The van der Waals surface area contributed by atoms with Crippen molar-refractivity contribution in [2.24, 2.45) is 0 Å². The second kappa shape index (κ2) is 5.41. The third kappa shape index (κ3) is 2.30. The third-order valence-corrected chi connectivity index (χ3v) is 4.56. The number of imidazole rings is 1. The van der Waals surface area contributed by atoms with Gasteiger partial charge >= 0.3 is 0 Å². The fourth-order valence-electron chi connectivity index (χ4n) is 2.78. The second-order valence-electron chi connectivity index (χ2n) is 5.28. The highest BCUT2D eigenvalue weighted by atomic mass is 35.5. The molecule has 0 saturated carbocycles. The number of aryl methyl sites for hydroxylation is 1. The van der Waals surface area contributed by atoms with Crippen LogP contribution < -0.4 is 0 Å². The smallest absolute Gasteiger partial charge is 0.230 e. The van der Waals surface area contributed by atoms with Crippen LogP contribution in [0.25, 0.3) is 11.4 Å². The van der Waals surface area contributed by atoms with Crippen LogP contribution in [0.2, 0.25) is 10.0 Å². The van der Waals surface area contributed by atoms with E-state index in [0.717, 1.165) is 25.2 Å². The van der Waals surface area contributed by atoms with Crippen LogP contribution in [0.15, 0.2) is 35.1 Å². The molecule has 0 radical (unpaired) electrons. The second-order valence-corrected chi connectivity index (χ2v) is 6.09. The van der Waals surface area contributed by atoms with Gasteiger partial charge in [-0.15, -0.1) is 0 Å². The van der Waals surface area contributed by atoms with Gasteiger partial charge in [-0.3, -0.25) is 0 Å². The van der Waals surface area contributed by atoms with Gasteiger partial charge in [0.25, 0.3) is 0 Å². The summed E-state index contributed by atoms with van der Waals surface area (Å²) in [6, 6.07) is 5.31. The van der Waals surface area contributed by atoms with Crippen LogP contribution in [0.5, 0.6) is 0 Å². The normalized spacial score (nSPS) is 17.5. The highest BCUT2D eigenvalue weighted by Crippen LogP contribution is 2.34. The van der Waals surface area contributed by atoms with Gasteiger partial charge in [-0.1, -0.05) is 34.4 Å². The fraction of sp³-hybridized carbons (Fsp3) is 0.267. The molecule has 22 heavy (non-hydrogen) atoms. The molecular formula is C15H12Cl2N4O. The van der Waals surface area contributed by atoms with Gasteiger partial charge in [0.2, 0.25) is 11.7 Å². The third-order valence-electron chi connectivity index (χ3n) is 3.93. The first-order valence-electron chi connectivity index (χ1n) is 7.00. The first-order valence-corrected chi connectivity index (χ1v) is 7.76. The lowest BCUT2D eigenvalue weighted by Gasteiger charge is -2.19. The molecule has 1 atom stereocenters. The van der Waals surface area contributed by atoms with E-state index >= 15 is 0 Å². The molecule has 1 aromatic carbocycles. The molecule has 3 aromatic rings. The highest BCUT2D eigenvalue weighted by Gasteiger charge is 2.26. The zero-order valence-corrected chi connectivity index (χ0v) is 13.1. The number of fused-ring (bicyclic) bond motifs is 1. The molecule has 2 aromatic heterocycles. The van der Waals surface area contributed by atoms with Gasteiger partial charge in [0.15, 0.2) is 0 Å². The number of benzene rings is 1. The van der Waals surface area contributed by atoms with Crippen molar-refractivity contribution in [3.8, 4) is 11.4 Å². The van der Waals surface area contributed by atoms with Gasteiger partial charge in [-0.2, -0.15) is 4.98 Å². The predicted molar refractivity (Wildman–Crippen MR) is 83.0 cm³/mol. The number of aromatic nitrogens is 4. The Morgan fingerprint density at radius 1 is 1.23 bits per heavy atom. The average molecular weight is 335 g/mol. The SMILES string of the molecule is Clc1cccc(Cl)c1-c1noc(C2CCn3ccnc3C2)n1. The Kier molecular flexibility index (Phi) is 3.39. The first kappa shape index (κ1) is 13.8. The Morgan fingerprint density at radius 2 is 2.05 bits per heavy atom. The Bertz CT molecular complexity index is 806. The Morgan fingerprint density at radius 3 is 2.86 bits per heavy atom. The number of rotatable bonds is 2. The van der Waals surface area contributed by atoms with Crippen molar-refractivity contribution in [3.63, 3.8) is 0 Å². The van der Waals surface area contributed by atoms with Gasteiger partial charge in [0.05, 0.1) is 15.6 Å². The molecule has 0 fully saturated rings. The van der Waals surface area contributed by atoms with Crippen molar-refractivity contribution in [2.45, 2.75) is 25.3 Å². The van der Waals surface area contributed by atoms with E-state index in [1.165, 1.54) is 0 Å². The summed E-state index contributed by atoms with van der Waals surface area (Å²) in [5.41, 5.74) is 0.609. The van der Waals surface area contributed by atoms with Gasteiger partial charge in [-0.05, 0) is 18.6 Å². The Hall–Kier alpha value is -1.85. The van der Waals surface area contributed by atoms with Crippen LogP contribution in [0.1, 0.15) is 24.1 Å². The summed E-state index contributed by atoms with van der Waals surface area (Å²) < 4.78 is 7.60. The first-order chi connectivity index (χ1) is 10.7. The summed E-state index contributed by atoms with van der Waals surface area (Å²) in [7, 11) is 0. The summed E-state index contributed by atoms with van der Waals surface area (Å²) in [6.07, 6.45) is 5.56. The van der Waals surface area contributed by atoms with Gasteiger partial charge in [0.1, 0.15) is 5.82 Å². The Labute approximate surface area is 136 Å². The number of hydrogen-bond donors (Lipinski definition) is 0. The van der Waals surface area contributed by atoms with Crippen molar-refractivity contribution < 1.29 is 4.52 Å². The quantitative estimate of drug-likeness (QED) is 0.711. The summed E-state index contributed by atoms with van der Waals surface area (Å²) in [5, 5.41) is 5.07. The fourth-order valence-corrected chi connectivity index (χ4v) is 3.34. The molecule has 0 saturated heterocycles. The zero-order valence-electron chi connectivity index (χ0n) is 11.5. The van der Waals surface area contributed by atoms with Crippen molar-refractivity contribution in [1.82, 2.24) is 19.7 Å². The van der Waals surface area contributed by atoms with E-state index in [4.69, 9.17) is 27.7 Å². The van der Waals surface area contributed by atoms with Crippen LogP contribution >= 0.6 is 23.2 Å². The minimum absolute atomic E-state index is 0.178. The number of nitrogens with zero attached hydrogens (tertiary/aromatic N) is 4. The van der Waals surface area contributed by atoms with Crippen LogP contribution in [0.4, 0.5) is 0 Å². The molecule has 1 unspecified atom stereocenters. The van der Waals surface area contributed by atoms with E-state index in [9.17, 15) is 0 Å². The van der Waals surface area contributed by atoms with E-state index < -0.39 is 0 Å². The molecule has 1 aliphatic rings. The van der Waals surface area contributed by atoms with Crippen LogP contribution in [0, 0.1) is 0 Å². The van der Waals surface area contributed by atoms with E-state index in [2.05, 4.69) is 19.7 Å². The largest absolute Gasteiger partial charge is 0.339 e. The monoisotopic (exact) mass is 334 g/mol. The molecule has 5 nitrogen and oxygen atoms in total. The summed E-state index contributed by atoms with van der Waals surface area (Å²) in [5.74, 6) is 2.27. The molecule has 0 N–H and O–H groups in total. The molecule has 1 aliphatic heterocycles. The maximum absolute atomic E-state index is 6.19. The Balaban J connectivity index is 1.65. The van der Waals surface area contributed by atoms with Crippen molar-refractivity contribution in [2.75, 3.05) is 0 Å². The lowest BCUT2D eigenvalue weighted by Crippen LogP contribution is -2.18. The molecule has 112 valence electrons. The van der Waals surface area contributed by atoms with Gasteiger partial charge in [0, 0.05) is 31.3 Å². The molecule has 0 bridgehead atoms. The van der Waals surface area contributed by atoms with Crippen LogP contribution in [-0.4, -0.2) is 19.7 Å². The molecule has 4 rings (SSSR count).